The fraction of sp³-hybridized carbons (Fsp3) is 0.875. The Morgan fingerprint density at radius 1 is 1.30 bits per heavy atom. The molecule has 0 spiro atoms. The van der Waals surface area contributed by atoms with Crippen LogP contribution in [0.3, 0.4) is 0 Å². The molecule has 1 heterocycles. The van der Waals surface area contributed by atoms with Crippen LogP contribution >= 0.6 is 0 Å². The molecule has 6 nitrogen and oxygen atoms in total. The molecule has 7 heteroatoms. The van der Waals surface area contributed by atoms with E-state index in [1.807, 2.05) is 25.8 Å². The first-order chi connectivity index (χ1) is 10.3. The van der Waals surface area contributed by atoms with Crippen molar-refractivity contribution in [3.63, 3.8) is 0 Å². The van der Waals surface area contributed by atoms with Crippen LogP contribution in [0.25, 0.3) is 5.73 Å². The van der Waals surface area contributed by atoms with Crippen LogP contribution in [-0.2, 0) is 19.1 Å². The summed E-state index contributed by atoms with van der Waals surface area (Å²) in [6.45, 7) is 8.02. The minimum absolute atomic E-state index is 0. The van der Waals surface area contributed by atoms with Gasteiger partial charge in [-0.3, -0.25) is 9.69 Å². The summed E-state index contributed by atoms with van der Waals surface area (Å²) in [4.78, 5) is 25.6. The number of nitrogens with zero attached hydrogens (tertiary/aromatic N) is 1. The molecule has 1 saturated heterocycles. The van der Waals surface area contributed by atoms with E-state index in [0.29, 0.717) is 26.1 Å². The molecule has 0 aromatic carbocycles. The molecule has 1 aliphatic heterocycles. The van der Waals surface area contributed by atoms with Crippen molar-refractivity contribution < 1.29 is 63.1 Å². The number of likely N-dealkylation sites (N-methyl/N-ethyl adjacent to an activating group) is 1. The maximum atomic E-state index is 11.9. The second-order valence-corrected chi connectivity index (χ2v) is 5.93. The molecule has 1 rings (SSSR count). The number of carbonyl (C=O) groups excluding carboxylic acids is 2. The molecule has 0 aromatic rings. The number of ether oxygens (including phenoxy) is 2. The third-order valence-electron chi connectivity index (χ3n) is 4.42. The van der Waals surface area contributed by atoms with E-state index in [-0.39, 0.29) is 79.9 Å². The quantitative estimate of drug-likeness (QED) is 0.419. The van der Waals surface area contributed by atoms with E-state index in [4.69, 9.17) is 15.2 Å². The van der Waals surface area contributed by atoms with E-state index < -0.39 is 6.04 Å². The maximum absolute atomic E-state index is 11.9. The van der Waals surface area contributed by atoms with E-state index in [1.54, 1.807) is 13.8 Å². The minimum Gasteiger partial charge on any atom is -0.667 e. The van der Waals surface area contributed by atoms with Gasteiger partial charge in [-0.2, -0.15) is 0 Å². The van der Waals surface area contributed by atoms with E-state index in [9.17, 15) is 9.59 Å². The zero-order chi connectivity index (χ0) is 16.9. The molecule has 0 aromatic heterocycles. The van der Waals surface area contributed by atoms with Crippen molar-refractivity contribution in [1.82, 2.24) is 4.90 Å². The van der Waals surface area contributed by atoms with Crippen molar-refractivity contribution in [3.05, 3.63) is 5.73 Å². The van der Waals surface area contributed by atoms with Crippen molar-refractivity contribution >= 4 is 11.6 Å². The summed E-state index contributed by atoms with van der Waals surface area (Å²) >= 11 is 0. The Kier molecular flexibility index (Phi) is 11.6. The van der Waals surface area contributed by atoms with Crippen LogP contribution in [0.4, 0.5) is 0 Å². The van der Waals surface area contributed by atoms with Crippen LogP contribution in [0.15, 0.2) is 0 Å². The zero-order valence-corrected chi connectivity index (χ0v) is 19.6. The van der Waals surface area contributed by atoms with Gasteiger partial charge in [-0.05, 0) is 40.2 Å². The van der Waals surface area contributed by atoms with Gasteiger partial charge in [0.1, 0.15) is 11.6 Å². The minimum atomic E-state index is -0.838. The average molecular weight is 540 g/mol. The number of hydrogen-bond donors (Lipinski definition) is 0. The summed E-state index contributed by atoms with van der Waals surface area (Å²) in [6, 6.07) is -1.36. The van der Waals surface area contributed by atoms with Crippen molar-refractivity contribution in [1.29, 1.82) is 0 Å². The molecule has 1 aliphatic rings. The predicted molar refractivity (Wildman–Crippen MR) is 84.6 cm³/mol. The summed E-state index contributed by atoms with van der Waals surface area (Å²) in [5.74, 6) is -0.0345. The number of hydrogen-bond acceptors (Lipinski definition) is 5. The molecule has 0 aliphatic carbocycles. The molecular formula is C16H29AcN2O4-. The Morgan fingerprint density at radius 2 is 1.91 bits per heavy atom. The summed E-state index contributed by atoms with van der Waals surface area (Å²) in [6.07, 6.45) is 0.645. The van der Waals surface area contributed by atoms with Crippen LogP contribution in [0.1, 0.15) is 40.5 Å². The topological polar surface area (TPSA) is 79.6 Å². The van der Waals surface area contributed by atoms with Crippen molar-refractivity contribution in [2.75, 3.05) is 20.3 Å². The third-order valence-corrected chi connectivity index (χ3v) is 4.42. The van der Waals surface area contributed by atoms with E-state index in [0.717, 1.165) is 0 Å². The van der Waals surface area contributed by atoms with E-state index in [1.165, 1.54) is 0 Å². The van der Waals surface area contributed by atoms with Crippen molar-refractivity contribution in [2.45, 2.75) is 65.0 Å². The van der Waals surface area contributed by atoms with Gasteiger partial charge >= 0.3 is 0 Å². The Bertz CT molecular complexity index is 394. The smallest absolute Gasteiger partial charge is 0.154 e. The molecule has 2 unspecified atom stereocenters. The molecule has 131 valence electrons. The number of carbonyl (C=O) groups is 2. The predicted octanol–water partition coefficient (Wildman–Crippen LogP) is 2.06. The number of Topliss-reactive ketones (excluding diaryl/α,β-unsaturated/α-hetero) is 2. The van der Waals surface area contributed by atoms with Crippen molar-refractivity contribution in [2.24, 2.45) is 5.92 Å². The van der Waals surface area contributed by atoms with Gasteiger partial charge in [-0.15, -0.1) is 0 Å². The van der Waals surface area contributed by atoms with Crippen molar-refractivity contribution in [3.8, 4) is 0 Å². The van der Waals surface area contributed by atoms with Gasteiger partial charge in [-0.25, -0.2) is 0 Å². The summed E-state index contributed by atoms with van der Waals surface area (Å²) in [7, 11) is 1.83. The SMILES string of the molecule is CCOC(C)OC[C@@H]1C[C@H](C(C)=O)N(C)[C@H]1C([NH-])C(=O)CC.[Ac]. The Labute approximate surface area is 175 Å². The molecule has 1 radical (unpaired) electrons. The first-order valence-corrected chi connectivity index (χ1v) is 8.02. The van der Waals surface area contributed by atoms with Gasteiger partial charge in [0.15, 0.2) is 6.29 Å². The van der Waals surface area contributed by atoms with Gasteiger partial charge in [0, 0.05) is 63.1 Å². The van der Waals surface area contributed by atoms with Crippen LogP contribution in [0, 0.1) is 50.0 Å². The normalized spacial score (nSPS) is 27.3. The zero-order valence-electron chi connectivity index (χ0n) is 14.9. The number of nitrogens with one attached hydrogen (secondary N) is 1. The molecule has 5 atom stereocenters. The number of ketones is 2. The first-order valence-electron chi connectivity index (χ1n) is 8.02. The first kappa shape index (κ1) is 23.6. The van der Waals surface area contributed by atoms with Gasteiger partial charge in [0.25, 0.3) is 0 Å². The van der Waals surface area contributed by atoms with Crippen LogP contribution in [0.5, 0.6) is 0 Å². The number of likely N-dealkylation sites (tertiary alicyclic amines) is 1. The van der Waals surface area contributed by atoms with Gasteiger partial charge in [0.2, 0.25) is 0 Å². The molecule has 1 fully saturated rings. The summed E-state index contributed by atoms with van der Waals surface area (Å²) in [5, 5.41) is 0. The molecule has 0 saturated carbocycles. The molecule has 1 N–H and O–H groups in total. The van der Waals surface area contributed by atoms with Crippen LogP contribution in [0.2, 0.25) is 0 Å². The average Bonchev–Trinajstić information content (AvgIpc) is 2.80. The van der Waals surface area contributed by atoms with Crippen LogP contribution in [-0.4, -0.2) is 61.1 Å². The second-order valence-electron chi connectivity index (χ2n) is 5.93. The fourth-order valence-electron chi connectivity index (χ4n) is 3.21. The molecular weight excluding hydrogens is 511 g/mol. The van der Waals surface area contributed by atoms with Gasteiger partial charge in [-0.1, -0.05) is 13.0 Å². The summed E-state index contributed by atoms with van der Waals surface area (Å²) < 4.78 is 11.0. The largest absolute Gasteiger partial charge is 0.667 e. The third kappa shape index (κ3) is 6.45. The summed E-state index contributed by atoms with van der Waals surface area (Å²) in [5.41, 5.74) is 8.24. The molecule has 23 heavy (non-hydrogen) atoms. The Morgan fingerprint density at radius 3 is 2.39 bits per heavy atom. The molecule has 0 bridgehead atoms. The van der Waals surface area contributed by atoms with E-state index in [2.05, 4.69) is 0 Å². The standard InChI is InChI=1S/C16H29N2O4.Ac/c1-6-14(20)15(17)16-12(9-22-11(4)21-7-2)8-13(10(3)19)18(16)5;/h11-13,15-17H,6-9H2,1-5H3;/q-1;/t11?,12-,13+,15?,16+;/m0./s1. The van der Waals surface area contributed by atoms with Gasteiger partial charge < -0.3 is 20.0 Å². The second kappa shape index (κ2) is 11.3. The monoisotopic (exact) mass is 540 g/mol. The maximum Gasteiger partial charge on any atom is 0.154 e. The Balaban J connectivity index is 0.00000484. The Hall–Kier alpha value is 0.622. The molecule has 0 amide bonds. The van der Waals surface area contributed by atoms with Gasteiger partial charge in [0.05, 0.1) is 12.6 Å². The van der Waals surface area contributed by atoms with E-state index >= 15 is 0 Å². The van der Waals surface area contributed by atoms with Crippen LogP contribution < -0.4 is 0 Å². The number of rotatable bonds is 9. The fourth-order valence-corrected chi connectivity index (χ4v) is 3.21.